The number of rotatable bonds is 7. The summed E-state index contributed by atoms with van der Waals surface area (Å²) in [5.41, 5.74) is -0.952. The Bertz CT molecular complexity index is 287. The van der Waals surface area contributed by atoms with Crippen molar-refractivity contribution in [3.05, 3.63) is 0 Å². The van der Waals surface area contributed by atoms with Gasteiger partial charge in [0, 0.05) is 25.9 Å². The Morgan fingerprint density at radius 1 is 1.39 bits per heavy atom. The van der Waals surface area contributed by atoms with Crippen LogP contribution in [0.4, 0.5) is 0 Å². The minimum absolute atomic E-state index is 0.232. The molecule has 1 saturated carbocycles. The molecule has 0 bridgehead atoms. The van der Waals surface area contributed by atoms with Crippen LogP contribution in [0.3, 0.4) is 0 Å². The van der Waals surface area contributed by atoms with Gasteiger partial charge in [-0.3, -0.25) is 10.1 Å². The summed E-state index contributed by atoms with van der Waals surface area (Å²) < 4.78 is 10.9. The fraction of sp³-hybridized carbons (Fsp3) is 0.923. The lowest BCUT2D eigenvalue weighted by molar-refractivity contribution is -0.147. The Morgan fingerprint density at radius 3 is 2.61 bits per heavy atom. The molecule has 2 rings (SSSR count). The summed E-state index contributed by atoms with van der Waals surface area (Å²) >= 11 is 0. The predicted octanol–water partition coefficient (Wildman–Crippen LogP) is 1.02. The maximum Gasteiger partial charge on any atom is 0.326 e. The van der Waals surface area contributed by atoms with E-state index in [1.165, 1.54) is 0 Å². The SMILES string of the molecule is CC(COCC1CCOCC1)(NC1CC1)C(=O)O. The molecule has 0 spiro atoms. The minimum Gasteiger partial charge on any atom is -0.480 e. The summed E-state index contributed by atoms with van der Waals surface area (Å²) in [7, 11) is 0. The van der Waals surface area contributed by atoms with E-state index in [-0.39, 0.29) is 6.61 Å². The van der Waals surface area contributed by atoms with Gasteiger partial charge in [-0.15, -0.1) is 0 Å². The second-order valence-electron chi connectivity index (χ2n) is 5.63. The lowest BCUT2D eigenvalue weighted by Gasteiger charge is -2.28. The molecule has 0 aromatic carbocycles. The topological polar surface area (TPSA) is 67.8 Å². The highest BCUT2D eigenvalue weighted by Crippen LogP contribution is 2.23. The van der Waals surface area contributed by atoms with Crippen LogP contribution in [0.25, 0.3) is 0 Å². The van der Waals surface area contributed by atoms with E-state index < -0.39 is 11.5 Å². The highest BCUT2D eigenvalue weighted by molar-refractivity contribution is 5.78. The van der Waals surface area contributed by atoms with Gasteiger partial charge in [-0.05, 0) is 38.5 Å². The number of hydrogen-bond donors (Lipinski definition) is 2. The average molecular weight is 257 g/mol. The first-order valence-corrected chi connectivity index (χ1v) is 6.77. The van der Waals surface area contributed by atoms with Crippen molar-refractivity contribution < 1.29 is 19.4 Å². The minimum atomic E-state index is -0.952. The third-order valence-corrected chi connectivity index (χ3v) is 3.66. The van der Waals surface area contributed by atoms with E-state index >= 15 is 0 Å². The Hall–Kier alpha value is -0.650. The van der Waals surface area contributed by atoms with Crippen molar-refractivity contribution in [1.82, 2.24) is 5.32 Å². The number of carboxylic acids is 1. The van der Waals surface area contributed by atoms with Gasteiger partial charge < -0.3 is 14.6 Å². The molecule has 0 radical (unpaired) electrons. The van der Waals surface area contributed by atoms with E-state index in [9.17, 15) is 9.90 Å². The van der Waals surface area contributed by atoms with E-state index in [0.29, 0.717) is 18.6 Å². The molecule has 1 aliphatic heterocycles. The number of nitrogens with one attached hydrogen (secondary N) is 1. The predicted molar refractivity (Wildman–Crippen MR) is 66.6 cm³/mol. The summed E-state index contributed by atoms with van der Waals surface area (Å²) in [6.45, 7) is 4.17. The van der Waals surface area contributed by atoms with Gasteiger partial charge in [-0.1, -0.05) is 0 Å². The van der Waals surface area contributed by atoms with Gasteiger partial charge in [0.15, 0.2) is 0 Å². The van der Waals surface area contributed by atoms with Crippen LogP contribution in [0, 0.1) is 5.92 Å². The van der Waals surface area contributed by atoms with Crippen LogP contribution in [0.5, 0.6) is 0 Å². The molecule has 1 atom stereocenters. The van der Waals surface area contributed by atoms with Gasteiger partial charge in [-0.25, -0.2) is 0 Å². The quantitative estimate of drug-likeness (QED) is 0.713. The van der Waals surface area contributed by atoms with Crippen molar-refractivity contribution >= 4 is 5.97 Å². The lowest BCUT2D eigenvalue weighted by Crippen LogP contribution is -2.54. The van der Waals surface area contributed by atoms with Crippen molar-refractivity contribution in [1.29, 1.82) is 0 Å². The molecule has 1 aliphatic carbocycles. The van der Waals surface area contributed by atoms with Gasteiger partial charge in [0.2, 0.25) is 0 Å². The molecule has 2 N–H and O–H groups in total. The van der Waals surface area contributed by atoms with E-state index in [2.05, 4.69) is 5.32 Å². The fourth-order valence-corrected chi connectivity index (χ4v) is 2.19. The van der Waals surface area contributed by atoms with Gasteiger partial charge in [0.25, 0.3) is 0 Å². The molecule has 1 saturated heterocycles. The molecule has 1 unspecified atom stereocenters. The number of hydrogen-bond acceptors (Lipinski definition) is 4. The van der Waals surface area contributed by atoms with Crippen molar-refractivity contribution in [2.75, 3.05) is 26.4 Å². The lowest BCUT2D eigenvalue weighted by atomic mass is 10.0. The molecule has 2 fully saturated rings. The van der Waals surface area contributed by atoms with E-state index in [1.807, 2.05) is 0 Å². The van der Waals surface area contributed by atoms with Gasteiger partial charge in [0.05, 0.1) is 6.61 Å². The van der Waals surface area contributed by atoms with Crippen LogP contribution in [0.15, 0.2) is 0 Å². The summed E-state index contributed by atoms with van der Waals surface area (Å²) in [6, 6.07) is 0.359. The summed E-state index contributed by atoms with van der Waals surface area (Å²) in [5, 5.41) is 12.4. The normalized spacial score (nSPS) is 24.7. The molecular formula is C13H23NO4. The maximum atomic E-state index is 11.3. The fourth-order valence-electron chi connectivity index (χ4n) is 2.19. The molecular weight excluding hydrogens is 234 g/mol. The van der Waals surface area contributed by atoms with Crippen molar-refractivity contribution in [2.45, 2.75) is 44.2 Å². The monoisotopic (exact) mass is 257 g/mol. The molecule has 2 aliphatic rings. The summed E-state index contributed by atoms with van der Waals surface area (Å²) in [6.07, 6.45) is 4.17. The Labute approximate surface area is 108 Å². The van der Waals surface area contributed by atoms with Crippen LogP contribution in [0.2, 0.25) is 0 Å². The molecule has 0 amide bonds. The van der Waals surface area contributed by atoms with E-state index in [0.717, 1.165) is 38.9 Å². The van der Waals surface area contributed by atoms with Gasteiger partial charge in [0.1, 0.15) is 5.54 Å². The summed E-state index contributed by atoms with van der Waals surface area (Å²) in [4.78, 5) is 11.3. The first-order chi connectivity index (χ1) is 8.60. The van der Waals surface area contributed by atoms with Gasteiger partial charge in [-0.2, -0.15) is 0 Å². The number of carboxylic acid groups (broad SMARTS) is 1. The molecule has 5 nitrogen and oxygen atoms in total. The Balaban J connectivity index is 1.72. The first-order valence-electron chi connectivity index (χ1n) is 6.77. The molecule has 104 valence electrons. The van der Waals surface area contributed by atoms with Crippen molar-refractivity contribution in [3.63, 3.8) is 0 Å². The average Bonchev–Trinajstić information content (AvgIpc) is 3.14. The van der Waals surface area contributed by atoms with Crippen LogP contribution >= 0.6 is 0 Å². The zero-order valence-electron chi connectivity index (χ0n) is 11.0. The second kappa shape index (κ2) is 5.99. The Kier molecular flexibility index (Phi) is 4.59. The molecule has 5 heteroatoms. The van der Waals surface area contributed by atoms with Crippen LogP contribution in [-0.2, 0) is 14.3 Å². The van der Waals surface area contributed by atoms with E-state index in [4.69, 9.17) is 9.47 Å². The van der Waals surface area contributed by atoms with Crippen molar-refractivity contribution in [3.8, 4) is 0 Å². The number of carbonyl (C=O) groups is 1. The molecule has 18 heavy (non-hydrogen) atoms. The summed E-state index contributed by atoms with van der Waals surface area (Å²) in [5.74, 6) is -0.320. The Morgan fingerprint density at radius 2 is 2.06 bits per heavy atom. The van der Waals surface area contributed by atoms with Crippen LogP contribution < -0.4 is 5.32 Å². The standard InChI is InChI=1S/C13H23NO4/c1-13(12(15)16,14-11-2-3-11)9-18-8-10-4-6-17-7-5-10/h10-11,14H,2-9H2,1H3,(H,15,16). The number of aliphatic carboxylic acids is 1. The molecule has 0 aromatic rings. The van der Waals surface area contributed by atoms with E-state index in [1.54, 1.807) is 6.92 Å². The number of ether oxygens (including phenoxy) is 2. The first kappa shape index (κ1) is 13.8. The zero-order valence-corrected chi connectivity index (χ0v) is 11.0. The maximum absolute atomic E-state index is 11.3. The third-order valence-electron chi connectivity index (χ3n) is 3.66. The van der Waals surface area contributed by atoms with Crippen LogP contribution in [0.1, 0.15) is 32.6 Å². The van der Waals surface area contributed by atoms with Crippen molar-refractivity contribution in [2.24, 2.45) is 5.92 Å². The third kappa shape index (κ3) is 3.93. The highest BCUT2D eigenvalue weighted by Gasteiger charge is 2.38. The molecule has 0 aromatic heterocycles. The van der Waals surface area contributed by atoms with Crippen LogP contribution in [-0.4, -0.2) is 49.1 Å². The highest BCUT2D eigenvalue weighted by atomic mass is 16.5. The smallest absolute Gasteiger partial charge is 0.326 e. The zero-order chi connectivity index (χ0) is 13.0. The second-order valence-corrected chi connectivity index (χ2v) is 5.63. The largest absolute Gasteiger partial charge is 0.480 e. The molecule has 1 heterocycles. The van der Waals surface area contributed by atoms with Gasteiger partial charge >= 0.3 is 5.97 Å².